The molecule has 0 spiro atoms. The van der Waals surface area contributed by atoms with Crippen LogP contribution in [0.25, 0.3) is 0 Å². The summed E-state index contributed by atoms with van der Waals surface area (Å²) < 4.78 is 0. The SMILES string of the molecule is CCC(C(=O)O)C1CCN(C(=O)CN2CC(c3ccccc3Cl)c3cc(C)ccc3C(CC(C)C)C2=O)CC1. The van der Waals surface area contributed by atoms with Gasteiger partial charge in [0.1, 0.15) is 0 Å². The Morgan fingerprint density at radius 3 is 2.36 bits per heavy atom. The van der Waals surface area contributed by atoms with E-state index in [4.69, 9.17) is 11.6 Å². The highest BCUT2D eigenvalue weighted by Gasteiger charge is 2.38. The molecule has 0 radical (unpaired) electrons. The minimum atomic E-state index is -0.756. The van der Waals surface area contributed by atoms with E-state index < -0.39 is 5.97 Å². The molecular weight excluding hydrogens is 512 g/mol. The number of aryl methyl sites for hydroxylation is 1. The van der Waals surface area contributed by atoms with Crippen LogP contribution in [0.15, 0.2) is 42.5 Å². The van der Waals surface area contributed by atoms with Gasteiger partial charge in [-0.15, -0.1) is 0 Å². The molecule has 2 aliphatic rings. The first-order valence-corrected chi connectivity index (χ1v) is 14.6. The number of nitrogens with zero attached hydrogens (tertiary/aromatic N) is 2. The van der Waals surface area contributed by atoms with Crippen molar-refractivity contribution in [2.75, 3.05) is 26.2 Å². The monoisotopic (exact) mass is 552 g/mol. The second kappa shape index (κ2) is 12.5. The normalized spacial score (nSPS) is 21.0. The largest absolute Gasteiger partial charge is 0.481 e. The fourth-order valence-corrected chi connectivity index (χ4v) is 6.73. The number of carbonyl (C=O) groups excluding carboxylic acids is 2. The van der Waals surface area contributed by atoms with Crippen LogP contribution in [0.5, 0.6) is 0 Å². The van der Waals surface area contributed by atoms with Crippen LogP contribution in [0, 0.1) is 24.7 Å². The van der Waals surface area contributed by atoms with Crippen LogP contribution in [0.3, 0.4) is 0 Å². The van der Waals surface area contributed by atoms with Crippen LogP contribution in [-0.4, -0.2) is 58.9 Å². The lowest BCUT2D eigenvalue weighted by molar-refractivity contribution is -0.146. The number of hydrogen-bond acceptors (Lipinski definition) is 3. The van der Waals surface area contributed by atoms with Crippen LogP contribution in [-0.2, 0) is 14.4 Å². The van der Waals surface area contributed by atoms with E-state index in [1.807, 2.05) is 36.1 Å². The van der Waals surface area contributed by atoms with Gasteiger partial charge in [-0.05, 0) is 67.2 Å². The van der Waals surface area contributed by atoms with Gasteiger partial charge in [0.25, 0.3) is 0 Å². The maximum absolute atomic E-state index is 14.1. The molecule has 1 fully saturated rings. The predicted molar refractivity (Wildman–Crippen MR) is 154 cm³/mol. The summed E-state index contributed by atoms with van der Waals surface area (Å²) in [5.41, 5.74) is 4.22. The van der Waals surface area contributed by atoms with E-state index >= 15 is 0 Å². The smallest absolute Gasteiger partial charge is 0.306 e. The fourth-order valence-electron chi connectivity index (χ4n) is 6.46. The standard InChI is InChI=1S/C32H41ClN2O4/c1-5-23(32(38)39)22-12-14-34(15-13-22)30(36)19-35-18-28(25-8-6-7-9-29(25)33)26-17-21(4)10-11-24(26)27(31(35)37)16-20(2)3/h6-11,17,20,22-23,27-28H,5,12-16,18-19H2,1-4H3,(H,38,39). The molecule has 2 aliphatic heterocycles. The fraction of sp³-hybridized carbons (Fsp3) is 0.531. The van der Waals surface area contributed by atoms with Crippen molar-refractivity contribution in [1.29, 1.82) is 0 Å². The lowest BCUT2D eigenvalue weighted by Crippen LogP contribution is -2.48. The summed E-state index contributed by atoms with van der Waals surface area (Å²) in [6, 6.07) is 14.1. The molecule has 0 saturated carbocycles. The van der Waals surface area contributed by atoms with E-state index in [0.717, 1.165) is 22.3 Å². The van der Waals surface area contributed by atoms with Gasteiger partial charge in [0, 0.05) is 30.6 Å². The van der Waals surface area contributed by atoms with Crippen molar-refractivity contribution in [2.45, 2.75) is 65.2 Å². The summed E-state index contributed by atoms with van der Waals surface area (Å²) >= 11 is 6.70. The van der Waals surface area contributed by atoms with Crippen LogP contribution in [0.2, 0.25) is 5.02 Å². The molecule has 0 aromatic heterocycles. The molecule has 2 heterocycles. The van der Waals surface area contributed by atoms with E-state index in [-0.39, 0.29) is 42.0 Å². The van der Waals surface area contributed by atoms with Gasteiger partial charge in [0.15, 0.2) is 0 Å². The summed E-state index contributed by atoms with van der Waals surface area (Å²) in [5.74, 6) is -1.30. The molecule has 2 amide bonds. The average molecular weight is 553 g/mol. The van der Waals surface area contributed by atoms with E-state index in [0.29, 0.717) is 56.3 Å². The number of carboxylic acids is 1. The number of rotatable bonds is 8. The second-order valence-electron chi connectivity index (χ2n) is 11.7. The first kappa shape index (κ1) is 29.1. The highest BCUT2D eigenvalue weighted by Crippen LogP contribution is 2.41. The summed E-state index contributed by atoms with van der Waals surface area (Å²) in [4.78, 5) is 42.9. The molecule has 2 aromatic carbocycles. The number of fused-ring (bicyclic) bond motifs is 1. The van der Waals surface area contributed by atoms with Gasteiger partial charge in [-0.3, -0.25) is 14.4 Å². The van der Waals surface area contributed by atoms with Gasteiger partial charge < -0.3 is 14.9 Å². The van der Waals surface area contributed by atoms with Crippen molar-refractivity contribution < 1.29 is 19.5 Å². The van der Waals surface area contributed by atoms with Gasteiger partial charge in [-0.2, -0.15) is 0 Å². The highest BCUT2D eigenvalue weighted by atomic mass is 35.5. The number of halogens is 1. The number of piperidine rings is 1. The van der Waals surface area contributed by atoms with Crippen LogP contribution >= 0.6 is 11.6 Å². The lowest BCUT2D eigenvalue weighted by atomic mass is 9.81. The van der Waals surface area contributed by atoms with Gasteiger partial charge >= 0.3 is 5.97 Å². The Balaban J connectivity index is 1.62. The third-order valence-electron chi connectivity index (χ3n) is 8.54. The molecule has 1 saturated heterocycles. The van der Waals surface area contributed by atoms with Gasteiger partial charge in [-0.25, -0.2) is 0 Å². The Bertz CT molecular complexity index is 1200. The molecule has 39 heavy (non-hydrogen) atoms. The number of carbonyl (C=O) groups is 3. The summed E-state index contributed by atoms with van der Waals surface area (Å²) in [6.45, 7) is 9.66. The third-order valence-corrected chi connectivity index (χ3v) is 8.88. The number of hydrogen-bond donors (Lipinski definition) is 1. The number of likely N-dealkylation sites (tertiary alicyclic amines) is 1. The molecule has 0 aliphatic carbocycles. The van der Waals surface area contributed by atoms with Crippen LogP contribution in [0.1, 0.15) is 80.5 Å². The predicted octanol–water partition coefficient (Wildman–Crippen LogP) is 6.10. The molecule has 4 rings (SSSR count). The topological polar surface area (TPSA) is 77.9 Å². The molecule has 3 unspecified atom stereocenters. The minimum absolute atomic E-state index is 0.0106. The number of benzene rings is 2. The first-order chi connectivity index (χ1) is 18.6. The molecule has 210 valence electrons. The Kier molecular flexibility index (Phi) is 9.37. The van der Waals surface area contributed by atoms with Gasteiger partial charge in [0.2, 0.25) is 11.8 Å². The van der Waals surface area contributed by atoms with Crippen LogP contribution < -0.4 is 0 Å². The van der Waals surface area contributed by atoms with Crippen molar-refractivity contribution in [3.63, 3.8) is 0 Å². The zero-order valence-corrected chi connectivity index (χ0v) is 24.3. The lowest BCUT2D eigenvalue weighted by Gasteiger charge is -2.36. The quantitative estimate of drug-likeness (QED) is 0.429. The third kappa shape index (κ3) is 6.49. The molecule has 1 N–H and O–H groups in total. The molecule has 0 bridgehead atoms. The second-order valence-corrected chi connectivity index (χ2v) is 12.1. The van der Waals surface area contributed by atoms with Crippen molar-refractivity contribution in [2.24, 2.45) is 17.8 Å². The maximum atomic E-state index is 14.1. The van der Waals surface area contributed by atoms with Crippen molar-refractivity contribution in [3.8, 4) is 0 Å². The Hall–Kier alpha value is -2.86. The van der Waals surface area contributed by atoms with Gasteiger partial charge in [-0.1, -0.05) is 74.3 Å². The molecule has 6 nitrogen and oxygen atoms in total. The van der Waals surface area contributed by atoms with E-state index in [1.165, 1.54) is 0 Å². The molecule has 7 heteroatoms. The summed E-state index contributed by atoms with van der Waals surface area (Å²) in [7, 11) is 0. The molecular formula is C32H41ClN2O4. The van der Waals surface area contributed by atoms with Gasteiger partial charge in [0.05, 0.1) is 18.4 Å². The first-order valence-electron chi connectivity index (χ1n) is 14.2. The Morgan fingerprint density at radius 1 is 1.05 bits per heavy atom. The zero-order valence-electron chi connectivity index (χ0n) is 23.5. The minimum Gasteiger partial charge on any atom is -0.481 e. The van der Waals surface area contributed by atoms with E-state index in [2.05, 4.69) is 39.0 Å². The Labute approximate surface area is 237 Å². The Morgan fingerprint density at radius 2 is 1.74 bits per heavy atom. The molecule has 2 aromatic rings. The van der Waals surface area contributed by atoms with E-state index in [9.17, 15) is 19.5 Å². The van der Waals surface area contributed by atoms with E-state index in [1.54, 1.807) is 4.90 Å². The molecule has 3 atom stereocenters. The zero-order chi connectivity index (χ0) is 28.3. The van der Waals surface area contributed by atoms with Crippen molar-refractivity contribution in [3.05, 3.63) is 69.7 Å². The summed E-state index contributed by atoms with van der Waals surface area (Å²) in [5, 5.41) is 10.2. The summed E-state index contributed by atoms with van der Waals surface area (Å²) in [6.07, 6.45) is 2.64. The highest BCUT2D eigenvalue weighted by molar-refractivity contribution is 6.31. The maximum Gasteiger partial charge on any atom is 0.306 e. The van der Waals surface area contributed by atoms with Crippen molar-refractivity contribution >= 4 is 29.4 Å². The van der Waals surface area contributed by atoms with Crippen LogP contribution in [0.4, 0.5) is 0 Å². The number of aliphatic carboxylic acids is 1. The number of carboxylic acid groups (broad SMARTS) is 1. The average Bonchev–Trinajstić information content (AvgIpc) is 3.00. The van der Waals surface area contributed by atoms with Crippen molar-refractivity contribution in [1.82, 2.24) is 9.80 Å². The number of amides is 2.